The molecule has 94 valence electrons. The van der Waals surface area contributed by atoms with Crippen molar-refractivity contribution in [2.45, 2.75) is 24.3 Å². The first-order valence-corrected chi connectivity index (χ1v) is 5.42. The molecule has 17 heavy (non-hydrogen) atoms. The molecule has 1 saturated heterocycles. The Balaban J connectivity index is 2.25. The van der Waals surface area contributed by atoms with E-state index in [4.69, 9.17) is 16.6 Å². The summed E-state index contributed by atoms with van der Waals surface area (Å²) in [6, 6.07) is 4.05. The highest BCUT2D eigenvalue weighted by molar-refractivity contribution is 5.64. The Morgan fingerprint density at radius 3 is 2.35 bits per heavy atom. The predicted octanol–water partition coefficient (Wildman–Crippen LogP) is -1.42. The number of benzene rings is 1. The van der Waals surface area contributed by atoms with Gasteiger partial charge in [0.15, 0.2) is 0 Å². The number of aliphatic hydroxyl groups is 3. The highest BCUT2D eigenvalue weighted by atomic mass is 16.3. The van der Waals surface area contributed by atoms with Gasteiger partial charge < -0.3 is 32.1 Å². The number of hydrogen-bond donors (Lipinski definition) is 6. The summed E-state index contributed by atoms with van der Waals surface area (Å²) < 4.78 is 0. The van der Waals surface area contributed by atoms with Crippen molar-refractivity contribution in [3.8, 4) is 0 Å². The molecule has 0 bridgehead atoms. The van der Waals surface area contributed by atoms with Gasteiger partial charge in [-0.05, 0) is 17.7 Å². The SMILES string of the molecule is Nc1ccc(C2NC(CO)C(O)C2O)cc1N. The zero-order chi connectivity index (χ0) is 12.6. The third kappa shape index (κ3) is 2.07. The lowest BCUT2D eigenvalue weighted by molar-refractivity contribution is 0.0194. The minimum atomic E-state index is -0.997. The van der Waals surface area contributed by atoms with Crippen molar-refractivity contribution in [2.24, 2.45) is 0 Å². The number of nitrogens with two attached hydrogens (primary N) is 2. The molecule has 6 nitrogen and oxygen atoms in total. The van der Waals surface area contributed by atoms with E-state index in [1.807, 2.05) is 0 Å². The van der Waals surface area contributed by atoms with Crippen LogP contribution in [-0.4, -0.2) is 40.2 Å². The number of nitrogen functional groups attached to an aromatic ring is 2. The van der Waals surface area contributed by atoms with Crippen molar-refractivity contribution < 1.29 is 15.3 Å². The summed E-state index contributed by atoms with van der Waals surface area (Å²) >= 11 is 0. The monoisotopic (exact) mass is 239 g/mol. The molecule has 0 radical (unpaired) electrons. The Bertz CT molecular complexity index is 413. The highest BCUT2D eigenvalue weighted by Crippen LogP contribution is 2.30. The van der Waals surface area contributed by atoms with Crippen molar-refractivity contribution in [2.75, 3.05) is 18.1 Å². The molecule has 0 amide bonds. The van der Waals surface area contributed by atoms with Crippen LogP contribution in [0.4, 0.5) is 11.4 Å². The van der Waals surface area contributed by atoms with Crippen molar-refractivity contribution in [1.29, 1.82) is 0 Å². The molecule has 1 aliphatic heterocycles. The summed E-state index contributed by atoms with van der Waals surface area (Å²) in [6.45, 7) is -0.237. The van der Waals surface area contributed by atoms with Crippen molar-refractivity contribution in [1.82, 2.24) is 5.32 Å². The first kappa shape index (κ1) is 12.1. The van der Waals surface area contributed by atoms with E-state index in [1.54, 1.807) is 18.2 Å². The molecule has 0 saturated carbocycles. The minimum absolute atomic E-state index is 0.237. The van der Waals surface area contributed by atoms with Gasteiger partial charge in [-0.3, -0.25) is 0 Å². The number of nitrogens with one attached hydrogen (secondary N) is 1. The van der Waals surface area contributed by atoms with Crippen LogP contribution in [0.3, 0.4) is 0 Å². The van der Waals surface area contributed by atoms with Crippen molar-refractivity contribution >= 4 is 11.4 Å². The van der Waals surface area contributed by atoms with E-state index < -0.39 is 24.3 Å². The fraction of sp³-hybridized carbons (Fsp3) is 0.455. The van der Waals surface area contributed by atoms with Gasteiger partial charge in [-0.25, -0.2) is 0 Å². The second-order valence-electron chi connectivity index (χ2n) is 4.30. The molecule has 8 N–H and O–H groups in total. The minimum Gasteiger partial charge on any atom is -0.397 e. The Labute approximate surface area is 98.9 Å². The molecule has 2 rings (SSSR count). The third-order valence-corrected chi connectivity index (χ3v) is 3.16. The smallest absolute Gasteiger partial charge is 0.101 e. The lowest BCUT2D eigenvalue weighted by Crippen LogP contribution is -2.35. The van der Waals surface area contributed by atoms with Gasteiger partial charge in [0.05, 0.1) is 36.2 Å². The number of hydrogen-bond acceptors (Lipinski definition) is 6. The Morgan fingerprint density at radius 2 is 1.82 bits per heavy atom. The number of rotatable bonds is 2. The van der Waals surface area contributed by atoms with E-state index in [-0.39, 0.29) is 6.61 Å². The van der Waals surface area contributed by atoms with Gasteiger partial charge in [0, 0.05) is 0 Å². The lowest BCUT2D eigenvalue weighted by atomic mass is 10.0. The topological polar surface area (TPSA) is 125 Å². The third-order valence-electron chi connectivity index (χ3n) is 3.16. The van der Waals surface area contributed by atoms with Crippen LogP contribution in [0, 0.1) is 0 Å². The number of aliphatic hydroxyl groups excluding tert-OH is 3. The maximum atomic E-state index is 9.88. The van der Waals surface area contributed by atoms with Gasteiger partial charge in [0.25, 0.3) is 0 Å². The van der Waals surface area contributed by atoms with Crippen LogP contribution in [-0.2, 0) is 0 Å². The fourth-order valence-electron chi connectivity index (χ4n) is 2.10. The van der Waals surface area contributed by atoms with Gasteiger partial charge in [0.2, 0.25) is 0 Å². The van der Waals surface area contributed by atoms with Gasteiger partial charge in [-0.15, -0.1) is 0 Å². The summed E-state index contributed by atoms with van der Waals surface area (Å²) in [5, 5.41) is 31.6. The first-order valence-electron chi connectivity index (χ1n) is 5.42. The van der Waals surface area contributed by atoms with Crippen LogP contribution in [0.5, 0.6) is 0 Å². The number of anilines is 2. The largest absolute Gasteiger partial charge is 0.397 e. The molecule has 4 atom stereocenters. The van der Waals surface area contributed by atoms with E-state index in [9.17, 15) is 10.2 Å². The van der Waals surface area contributed by atoms with Crippen LogP contribution < -0.4 is 16.8 Å². The molecule has 0 spiro atoms. The molecule has 1 aromatic rings. The van der Waals surface area contributed by atoms with Gasteiger partial charge in [0.1, 0.15) is 6.10 Å². The molecule has 6 heteroatoms. The fourth-order valence-corrected chi connectivity index (χ4v) is 2.10. The molecule has 1 fully saturated rings. The molecular formula is C11H17N3O3. The van der Waals surface area contributed by atoms with Crippen LogP contribution >= 0.6 is 0 Å². The molecule has 1 heterocycles. The average Bonchev–Trinajstić information content (AvgIpc) is 2.60. The summed E-state index contributed by atoms with van der Waals surface area (Å²) in [4.78, 5) is 0. The van der Waals surface area contributed by atoms with E-state index in [0.717, 1.165) is 5.56 Å². The first-order chi connectivity index (χ1) is 8.04. The highest BCUT2D eigenvalue weighted by Gasteiger charge is 2.41. The molecule has 1 aromatic carbocycles. The van der Waals surface area contributed by atoms with E-state index in [1.165, 1.54) is 0 Å². The molecule has 0 aliphatic carbocycles. The van der Waals surface area contributed by atoms with E-state index in [2.05, 4.69) is 5.32 Å². The van der Waals surface area contributed by atoms with Gasteiger partial charge in [-0.2, -0.15) is 0 Å². The van der Waals surface area contributed by atoms with Crippen LogP contribution in [0.2, 0.25) is 0 Å². The van der Waals surface area contributed by atoms with Crippen LogP contribution in [0.1, 0.15) is 11.6 Å². The second-order valence-corrected chi connectivity index (χ2v) is 4.30. The van der Waals surface area contributed by atoms with Gasteiger partial charge >= 0.3 is 0 Å². The summed E-state index contributed by atoms with van der Waals surface area (Å²) in [6.07, 6.45) is -1.97. The maximum Gasteiger partial charge on any atom is 0.101 e. The normalized spacial score (nSPS) is 32.9. The summed E-state index contributed by atoms with van der Waals surface area (Å²) in [5.41, 5.74) is 12.9. The Hall–Kier alpha value is -1.34. The summed E-state index contributed by atoms with van der Waals surface area (Å²) in [7, 11) is 0. The standard InChI is InChI=1S/C11H17N3O3/c12-6-2-1-5(3-7(6)13)9-11(17)10(16)8(4-15)14-9/h1-3,8-11,14-17H,4,12-13H2. The molecule has 4 unspecified atom stereocenters. The van der Waals surface area contributed by atoms with E-state index >= 15 is 0 Å². The Morgan fingerprint density at radius 1 is 1.12 bits per heavy atom. The predicted molar refractivity (Wildman–Crippen MR) is 64.0 cm³/mol. The van der Waals surface area contributed by atoms with Crippen molar-refractivity contribution in [3.63, 3.8) is 0 Å². The molecule has 1 aliphatic rings. The average molecular weight is 239 g/mol. The van der Waals surface area contributed by atoms with Crippen LogP contribution in [0.15, 0.2) is 18.2 Å². The Kier molecular flexibility index (Phi) is 3.21. The zero-order valence-electron chi connectivity index (χ0n) is 9.24. The second kappa shape index (κ2) is 4.50. The van der Waals surface area contributed by atoms with Gasteiger partial charge in [-0.1, -0.05) is 6.07 Å². The summed E-state index contributed by atoms with van der Waals surface area (Å²) in [5.74, 6) is 0. The zero-order valence-corrected chi connectivity index (χ0v) is 9.24. The van der Waals surface area contributed by atoms with Crippen LogP contribution in [0.25, 0.3) is 0 Å². The van der Waals surface area contributed by atoms with E-state index in [0.29, 0.717) is 11.4 Å². The molecular weight excluding hydrogens is 222 g/mol. The molecule has 0 aromatic heterocycles. The lowest BCUT2D eigenvalue weighted by Gasteiger charge is -2.17. The van der Waals surface area contributed by atoms with Crippen molar-refractivity contribution in [3.05, 3.63) is 23.8 Å². The quantitative estimate of drug-likeness (QED) is 0.352. The maximum absolute atomic E-state index is 9.88.